The van der Waals surface area contributed by atoms with Crippen LogP contribution in [0.2, 0.25) is 0 Å². The average molecular weight is 399 g/mol. The first-order chi connectivity index (χ1) is 13.8. The molecule has 4 aliphatic rings. The average Bonchev–Trinajstić information content (AvgIpc) is 3.04. The van der Waals surface area contributed by atoms with Crippen LogP contribution in [0.3, 0.4) is 0 Å². The summed E-state index contributed by atoms with van der Waals surface area (Å²) in [5.74, 6) is 3.53. The van der Waals surface area contributed by atoms with Crippen LogP contribution in [0.5, 0.6) is 0 Å². The summed E-state index contributed by atoms with van der Waals surface area (Å²) in [5.41, 5.74) is 2.09. The molecule has 0 amide bonds. The maximum Gasteiger partial charge on any atom is 0.330 e. The molecule has 0 heterocycles. The summed E-state index contributed by atoms with van der Waals surface area (Å²) in [7, 11) is 0. The summed E-state index contributed by atoms with van der Waals surface area (Å²) in [6.45, 7) is 9.57. The van der Waals surface area contributed by atoms with E-state index < -0.39 is 0 Å². The van der Waals surface area contributed by atoms with Gasteiger partial charge in [-0.15, -0.1) is 0 Å². The summed E-state index contributed by atoms with van der Waals surface area (Å²) < 4.78 is 5.07. The third-order valence-corrected chi connectivity index (χ3v) is 9.49. The lowest BCUT2D eigenvalue weighted by Crippen LogP contribution is -2.50. The Hall–Kier alpha value is -1.38. The molecule has 0 aromatic rings. The van der Waals surface area contributed by atoms with E-state index in [1.54, 1.807) is 6.08 Å². The standard InChI is InChI=1S/C26H38O3/c1-5-29-24(28)11-6-17(2)21-9-10-22-20-8-7-18-16-19(27)12-14-25(18,3)23(20)13-15-26(21,22)4/h6,11,16-17,20-23H,5,7-10,12-15H2,1-4H3/b11-6+/t17-,20+,21-,22+,23+,25+,26-/m1/s1. The van der Waals surface area contributed by atoms with Crippen molar-refractivity contribution in [1.29, 1.82) is 0 Å². The zero-order valence-corrected chi connectivity index (χ0v) is 18.7. The molecule has 3 saturated carbocycles. The van der Waals surface area contributed by atoms with Gasteiger partial charge in [-0.05, 0) is 98.4 Å². The van der Waals surface area contributed by atoms with Gasteiger partial charge in [0.05, 0.1) is 6.61 Å². The molecule has 160 valence electrons. The van der Waals surface area contributed by atoms with Gasteiger partial charge in [0, 0.05) is 12.5 Å². The molecule has 29 heavy (non-hydrogen) atoms. The number of ether oxygens (including phenoxy) is 1. The van der Waals surface area contributed by atoms with Crippen LogP contribution < -0.4 is 0 Å². The maximum atomic E-state index is 12.0. The highest BCUT2D eigenvalue weighted by Gasteiger charge is 2.59. The van der Waals surface area contributed by atoms with Crippen LogP contribution in [0, 0.1) is 40.4 Å². The van der Waals surface area contributed by atoms with Gasteiger partial charge in [-0.2, -0.15) is 0 Å². The summed E-state index contributed by atoms with van der Waals surface area (Å²) in [6.07, 6.45) is 15.1. The lowest BCUT2D eigenvalue weighted by atomic mass is 9.46. The quantitative estimate of drug-likeness (QED) is 0.438. The second-order valence-corrected chi connectivity index (χ2v) is 10.7. The van der Waals surface area contributed by atoms with E-state index in [0.717, 1.165) is 37.0 Å². The van der Waals surface area contributed by atoms with E-state index in [1.807, 2.05) is 13.0 Å². The first kappa shape index (κ1) is 20.9. The van der Waals surface area contributed by atoms with Crippen molar-refractivity contribution in [2.24, 2.45) is 40.4 Å². The van der Waals surface area contributed by atoms with Crippen LogP contribution in [0.1, 0.15) is 79.1 Å². The minimum absolute atomic E-state index is 0.214. The number of carbonyl (C=O) groups is 2. The molecule has 0 aromatic carbocycles. The molecular weight excluding hydrogens is 360 g/mol. The van der Waals surface area contributed by atoms with Gasteiger partial charge in [0.25, 0.3) is 0 Å². The van der Waals surface area contributed by atoms with E-state index in [9.17, 15) is 9.59 Å². The van der Waals surface area contributed by atoms with Crippen molar-refractivity contribution in [3.63, 3.8) is 0 Å². The zero-order chi connectivity index (χ0) is 20.8. The second-order valence-electron chi connectivity index (χ2n) is 10.7. The lowest BCUT2D eigenvalue weighted by molar-refractivity contribution is -0.137. The van der Waals surface area contributed by atoms with Crippen molar-refractivity contribution in [1.82, 2.24) is 0 Å². The number of fused-ring (bicyclic) bond motifs is 5. The normalized spacial score (nSPS) is 42.6. The maximum absolute atomic E-state index is 12.0. The summed E-state index contributed by atoms with van der Waals surface area (Å²) >= 11 is 0. The van der Waals surface area contributed by atoms with E-state index in [0.29, 0.717) is 29.6 Å². The number of hydrogen-bond acceptors (Lipinski definition) is 3. The highest BCUT2D eigenvalue weighted by Crippen LogP contribution is 2.67. The highest BCUT2D eigenvalue weighted by atomic mass is 16.5. The van der Waals surface area contributed by atoms with Gasteiger partial charge in [0.1, 0.15) is 0 Å². The Morgan fingerprint density at radius 1 is 1.17 bits per heavy atom. The summed E-state index contributed by atoms with van der Waals surface area (Å²) in [5, 5.41) is 0. The molecule has 0 N–H and O–H groups in total. The van der Waals surface area contributed by atoms with E-state index in [4.69, 9.17) is 4.74 Å². The molecule has 4 rings (SSSR count). The third kappa shape index (κ3) is 3.43. The van der Waals surface area contributed by atoms with E-state index >= 15 is 0 Å². The molecule has 3 fully saturated rings. The fourth-order valence-electron chi connectivity index (χ4n) is 8.02. The Morgan fingerprint density at radius 3 is 2.72 bits per heavy atom. The molecule has 0 radical (unpaired) electrons. The van der Waals surface area contributed by atoms with Crippen LogP contribution in [0.4, 0.5) is 0 Å². The Morgan fingerprint density at radius 2 is 1.97 bits per heavy atom. The number of rotatable bonds is 4. The Bertz CT molecular complexity index is 734. The minimum Gasteiger partial charge on any atom is -0.463 e. The SMILES string of the molecule is CCOC(=O)/C=C/[C@@H](C)[C@H]1CC[C@H]2[C@@H]3CCC4=CC(=O)CC[C@]4(C)[C@H]3CC[C@]12C. The van der Waals surface area contributed by atoms with E-state index in [2.05, 4.69) is 26.8 Å². The zero-order valence-electron chi connectivity index (χ0n) is 18.7. The van der Waals surface area contributed by atoms with Crippen LogP contribution in [-0.4, -0.2) is 18.4 Å². The molecular formula is C26H38O3. The number of carbonyl (C=O) groups excluding carboxylic acids is 2. The molecule has 0 aromatic heterocycles. The molecule has 3 heteroatoms. The van der Waals surface area contributed by atoms with Gasteiger partial charge in [-0.3, -0.25) is 4.79 Å². The first-order valence-electron chi connectivity index (χ1n) is 11.9. The Labute approximate surface area is 176 Å². The number of esters is 1. The monoisotopic (exact) mass is 398 g/mol. The summed E-state index contributed by atoms with van der Waals surface area (Å²) in [6, 6.07) is 0. The van der Waals surface area contributed by atoms with Crippen LogP contribution >= 0.6 is 0 Å². The number of allylic oxidation sites excluding steroid dienone is 2. The van der Waals surface area contributed by atoms with E-state index in [1.165, 1.54) is 37.7 Å². The third-order valence-electron chi connectivity index (χ3n) is 9.49. The molecule has 7 atom stereocenters. The predicted molar refractivity (Wildman–Crippen MR) is 115 cm³/mol. The van der Waals surface area contributed by atoms with Crippen LogP contribution in [-0.2, 0) is 14.3 Å². The van der Waals surface area contributed by atoms with Crippen molar-refractivity contribution in [3.8, 4) is 0 Å². The lowest BCUT2D eigenvalue weighted by Gasteiger charge is -2.58. The van der Waals surface area contributed by atoms with Crippen molar-refractivity contribution in [2.75, 3.05) is 6.61 Å². The molecule has 0 spiro atoms. The van der Waals surface area contributed by atoms with Crippen LogP contribution in [0.15, 0.2) is 23.8 Å². The van der Waals surface area contributed by atoms with Gasteiger partial charge < -0.3 is 4.74 Å². The highest BCUT2D eigenvalue weighted by molar-refractivity contribution is 5.91. The molecule has 0 saturated heterocycles. The van der Waals surface area contributed by atoms with Crippen LogP contribution in [0.25, 0.3) is 0 Å². The van der Waals surface area contributed by atoms with E-state index in [-0.39, 0.29) is 11.4 Å². The van der Waals surface area contributed by atoms with Gasteiger partial charge in [0.15, 0.2) is 5.78 Å². The number of ketones is 1. The molecule has 3 nitrogen and oxygen atoms in total. The minimum atomic E-state index is -0.214. The predicted octanol–water partition coefficient (Wildman–Crippen LogP) is 5.89. The number of hydrogen-bond donors (Lipinski definition) is 0. The largest absolute Gasteiger partial charge is 0.463 e. The van der Waals surface area contributed by atoms with Crippen molar-refractivity contribution in [2.45, 2.75) is 79.1 Å². The van der Waals surface area contributed by atoms with Gasteiger partial charge in [-0.1, -0.05) is 32.4 Å². The second kappa shape index (κ2) is 7.71. The van der Waals surface area contributed by atoms with Gasteiger partial charge >= 0.3 is 5.97 Å². The van der Waals surface area contributed by atoms with Crippen molar-refractivity contribution in [3.05, 3.63) is 23.8 Å². The smallest absolute Gasteiger partial charge is 0.330 e. The molecule has 0 aliphatic heterocycles. The topological polar surface area (TPSA) is 43.4 Å². The fourth-order valence-corrected chi connectivity index (χ4v) is 8.02. The van der Waals surface area contributed by atoms with Crippen molar-refractivity contribution >= 4 is 11.8 Å². The van der Waals surface area contributed by atoms with Gasteiger partial charge in [-0.25, -0.2) is 4.79 Å². The fraction of sp³-hybridized carbons (Fsp3) is 0.769. The Kier molecular flexibility index (Phi) is 5.55. The molecule has 0 bridgehead atoms. The van der Waals surface area contributed by atoms with Gasteiger partial charge in [0.2, 0.25) is 0 Å². The molecule has 4 aliphatic carbocycles. The van der Waals surface area contributed by atoms with Crippen molar-refractivity contribution < 1.29 is 14.3 Å². The Balaban J connectivity index is 1.52. The molecule has 0 unspecified atom stereocenters. The summed E-state index contributed by atoms with van der Waals surface area (Å²) in [4.78, 5) is 23.8. The first-order valence-corrected chi connectivity index (χ1v) is 11.9.